The molecule has 0 saturated heterocycles. The lowest BCUT2D eigenvalue weighted by Crippen LogP contribution is -2.29. The van der Waals surface area contributed by atoms with Gasteiger partial charge in [-0.3, -0.25) is 0 Å². The second-order valence-electron chi connectivity index (χ2n) is 2.60. The Hall–Kier alpha value is -1.16. The van der Waals surface area contributed by atoms with Crippen LogP contribution < -0.4 is 10.0 Å². The fourth-order valence-corrected chi connectivity index (χ4v) is 1.68. The van der Waals surface area contributed by atoms with Gasteiger partial charge in [-0.05, 0) is 30.5 Å². The van der Waals surface area contributed by atoms with Gasteiger partial charge in [0.25, 0.3) is 0 Å². The zero-order valence-corrected chi connectivity index (χ0v) is 8.47. The minimum atomic E-state index is -0.443. The van der Waals surface area contributed by atoms with Crippen LogP contribution in [-0.4, -0.2) is 12.3 Å². The fraction of sp³-hybridized carbons (Fsp3) is 0.222. The average Bonchev–Trinajstić information content (AvgIpc) is 2.09. The summed E-state index contributed by atoms with van der Waals surface area (Å²) >= 11 is 1.30. The molecule has 0 bridgehead atoms. The number of hydrogen-bond acceptors (Lipinski definition) is 2. The van der Waals surface area contributed by atoms with Crippen LogP contribution in [0.2, 0.25) is 0 Å². The molecule has 1 rings (SSSR count). The molecule has 0 radical (unpaired) electrons. The molecule has 1 aromatic carbocycles. The van der Waals surface area contributed by atoms with Gasteiger partial charge < -0.3 is 5.73 Å². The number of aryl methyl sites for hydroxylation is 1. The van der Waals surface area contributed by atoms with E-state index in [1.807, 2.05) is 37.4 Å². The summed E-state index contributed by atoms with van der Waals surface area (Å²) in [6.45, 7) is 1.95. The first-order valence-electron chi connectivity index (χ1n) is 3.86. The van der Waals surface area contributed by atoms with E-state index in [1.54, 1.807) is 0 Å². The molecule has 0 fully saturated rings. The van der Waals surface area contributed by atoms with Crippen LogP contribution in [0.3, 0.4) is 0 Å². The third kappa shape index (κ3) is 2.15. The number of primary amides is 1. The predicted octanol–water partition coefficient (Wildman–Crippen LogP) is 2.16. The molecule has 70 valence electrons. The Morgan fingerprint density at radius 3 is 2.54 bits per heavy atom. The molecule has 4 heteroatoms. The predicted molar refractivity (Wildman–Crippen MR) is 56.8 cm³/mol. The van der Waals surface area contributed by atoms with Gasteiger partial charge in [-0.1, -0.05) is 18.2 Å². The summed E-state index contributed by atoms with van der Waals surface area (Å²) in [5, 5.41) is 0. The second kappa shape index (κ2) is 4.18. The van der Waals surface area contributed by atoms with Crippen molar-refractivity contribution < 1.29 is 4.79 Å². The maximum atomic E-state index is 11.0. The summed E-state index contributed by atoms with van der Waals surface area (Å²) in [5.41, 5.74) is 7.10. The molecule has 0 saturated carbocycles. The third-order valence-corrected chi connectivity index (χ3v) is 2.46. The lowest BCUT2D eigenvalue weighted by atomic mass is 10.2. The molecule has 0 aliphatic carbocycles. The monoisotopic (exact) mass is 196 g/mol. The van der Waals surface area contributed by atoms with Crippen molar-refractivity contribution in [1.82, 2.24) is 0 Å². The van der Waals surface area contributed by atoms with Gasteiger partial charge in [-0.15, -0.1) is 0 Å². The van der Waals surface area contributed by atoms with Crippen LogP contribution >= 0.6 is 11.9 Å². The normalized spacial score (nSPS) is 9.69. The maximum absolute atomic E-state index is 11.0. The summed E-state index contributed by atoms with van der Waals surface area (Å²) in [5.74, 6) is 0. The van der Waals surface area contributed by atoms with Gasteiger partial charge in [-0.25, -0.2) is 9.10 Å². The van der Waals surface area contributed by atoms with Crippen LogP contribution in [0.1, 0.15) is 5.56 Å². The van der Waals surface area contributed by atoms with Crippen LogP contribution in [0.4, 0.5) is 10.5 Å². The van der Waals surface area contributed by atoms with E-state index in [2.05, 4.69) is 0 Å². The van der Waals surface area contributed by atoms with E-state index in [0.29, 0.717) is 0 Å². The number of nitrogens with zero attached hydrogens (tertiary/aromatic N) is 1. The highest BCUT2D eigenvalue weighted by atomic mass is 32.2. The van der Waals surface area contributed by atoms with Gasteiger partial charge in [0.05, 0.1) is 5.69 Å². The van der Waals surface area contributed by atoms with Crippen molar-refractivity contribution >= 4 is 23.7 Å². The van der Waals surface area contributed by atoms with Crippen LogP contribution in [0.25, 0.3) is 0 Å². The first-order valence-corrected chi connectivity index (χ1v) is 5.04. The van der Waals surface area contributed by atoms with Gasteiger partial charge >= 0.3 is 6.03 Å². The lowest BCUT2D eigenvalue weighted by Gasteiger charge is -2.18. The number of amides is 2. The molecule has 0 aliphatic rings. The van der Waals surface area contributed by atoms with Crippen molar-refractivity contribution in [2.75, 3.05) is 10.6 Å². The number of hydrogen-bond donors (Lipinski definition) is 1. The van der Waals surface area contributed by atoms with Crippen molar-refractivity contribution in [3.05, 3.63) is 29.8 Å². The smallest absolute Gasteiger partial charge is 0.329 e. The molecule has 13 heavy (non-hydrogen) atoms. The summed E-state index contributed by atoms with van der Waals surface area (Å²) < 4.78 is 1.47. The molecule has 0 heterocycles. The Morgan fingerprint density at radius 1 is 1.46 bits per heavy atom. The highest BCUT2D eigenvalue weighted by molar-refractivity contribution is 8.00. The second-order valence-corrected chi connectivity index (χ2v) is 3.33. The molecule has 0 spiro atoms. The quantitative estimate of drug-likeness (QED) is 0.737. The van der Waals surface area contributed by atoms with Crippen LogP contribution in [0.15, 0.2) is 24.3 Å². The number of nitrogens with two attached hydrogens (primary N) is 1. The van der Waals surface area contributed by atoms with Crippen molar-refractivity contribution in [2.24, 2.45) is 5.73 Å². The molecule has 2 N–H and O–H groups in total. The SMILES string of the molecule is CSN(C(N)=O)c1ccccc1C. The molecule has 0 aliphatic heterocycles. The molecule has 0 aromatic heterocycles. The first kappa shape index (κ1) is 9.92. The number of carbonyl (C=O) groups is 1. The van der Waals surface area contributed by atoms with Crippen molar-refractivity contribution in [3.63, 3.8) is 0 Å². The minimum Gasteiger partial charge on any atom is -0.350 e. The van der Waals surface area contributed by atoms with Crippen molar-refractivity contribution in [2.45, 2.75) is 6.92 Å². The van der Waals surface area contributed by atoms with Gasteiger partial charge in [0.15, 0.2) is 0 Å². The number of para-hydroxylation sites is 1. The van der Waals surface area contributed by atoms with E-state index in [-0.39, 0.29) is 0 Å². The van der Waals surface area contributed by atoms with Crippen LogP contribution in [0, 0.1) is 6.92 Å². The van der Waals surface area contributed by atoms with E-state index in [0.717, 1.165) is 11.3 Å². The first-order chi connectivity index (χ1) is 6.16. The molecule has 0 atom stereocenters. The van der Waals surface area contributed by atoms with E-state index < -0.39 is 6.03 Å². The zero-order valence-electron chi connectivity index (χ0n) is 7.65. The molecule has 0 unspecified atom stereocenters. The van der Waals surface area contributed by atoms with Gasteiger partial charge in [0.1, 0.15) is 0 Å². The van der Waals surface area contributed by atoms with Gasteiger partial charge in [-0.2, -0.15) is 0 Å². The third-order valence-electron chi connectivity index (χ3n) is 1.72. The number of anilines is 1. The molecule has 2 amide bonds. The van der Waals surface area contributed by atoms with E-state index in [4.69, 9.17) is 5.73 Å². The minimum absolute atomic E-state index is 0.443. The number of urea groups is 1. The van der Waals surface area contributed by atoms with Crippen molar-refractivity contribution in [3.8, 4) is 0 Å². The Morgan fingerprint density at radius 2 is 2.08 bits per heavy atom. The van der Waals surface area contributed by atoms with Gasteiger partial charge in [0.2, 0.25) is 0 Å². The summed E-state index contributed by atoms with van der Waals surface area (Å²) in [7, 11) is 0. The summed E-state index contributed by atoms with van der Waals surface area (Å²) in [6, 6.07) is 7.19. The Kier molecular flexibility index (Phi) is 3.19. The summed E-state index contributed by atoms with van der Waals surface area (Å²) in [4.78, 5) is 11.0. The number of benzene rings is 1. The lowest BCUT2D eigenvalue weighted by molar-refractivity contribution is 0.257. The molecular weight excluding hydrogens is 184 g/mol. The van der Waals surface area contributed by atoms with E-state index >= 15 is 0 Å². The topological polar surface area (TPSA) is 46.3 Å². The van der Waals surface area contributed by atoms with Crippen molar-refractivity contribution in [1.29, 1.82) is 0 Å². The Bertz CT molecular complexity index is 314. The van der Waals surface area contributed by atoms with Crippen LogP contribution in [0.5, 0.6) is 0 Å². The highest BCUT2D eigenvalue weighted by Gasteiger charge is 2.12. The van der Waals surface area contributed by atoms with E-state index in [9.17, 15) is 4.79 Å². The van der Waals surface area contributed by atoms with Gasteiger partial charge in [0, 0.05) is 6.26 Å². The zero-order chi connectivity index (χ0) is 9.84. The number of carbonyl (C=O) groups excluding carboxylic acids is 1. The average molecular weight is 196 g/mol. The highest BCUT2D eigenvalue weighted by Crippen LogP contribution is 2.23. The Balaban J connectivity index is 3.04. The molecule has 1 aromatic rings. The maximum Gasteiger partial charge on any atom is 0.329 e. The fourth-order valence-electron chi connectivity index (χ4n) is 1.10. The molecular formula is C9H12N2OS. The number of rotatable bonds is 2. The molecule has 3 nitrogen and oxygen atoms in total. The Labute approximate surface area is 82.0 Å². The standard InChI is InChI=1S/C9H12N2OS/c1-7-5-3-4-6-8(7)11(13-2)9(10)12/h3-6H,1-2H3,(H2,10,12). The van der Waals surface area contributed by atoms with Crippen LogP contribution in [-0.2, 0) is 0 Å². The summed E-state index contributed by atoms with van der Waals surface area (Å²) in [6.07, 6.45) is 1.82. The van der Waals surface area contributed by atoms with E-state index in [1.165, 1.54) is 16.3 Å². The largest absolute Gasteiger partial charge is 0.350 e.